The molecule has 0 radical (unpaired) electrons. The fourth-order valence-corrected chi connectivity index (χ4v) is 2.78. The van der Waals surface area contributed by atoms with E-state index in [1.165, 1.54) is 6.07 Å². The molecule has 2 rings (SSSR count). The summed E-state index contributed by atoms with van der Waals surface area (Å²) in [4.78, 5) is 35.8. The normalized spacial score (nSPS) is 15.3. The second kappa shape index (κ2) is 7.32. The smallest absolute Gasteiger partial charge is 0.326 e. The topological polar surface area (TPSA) is 107 Å². The van der Waals surface area contributed by atoms with E-state index < -0.39 is 30.3 Å². The van der Waals surface area contributed by atoms with Gasteiger partial charge in [0.2, 0.25) is 0 Å². The first-order chi connectivity index (χ1) is 10.9. The molecular weight excluding hydrogens is 324 g/mol. The van der Waals surface area contributed by atoms with Gasteiger partial charge in [0.1, 0.15) is 6.04 Å². The van der Waals surface area contributed by atoms with Gasteiger partial charge in [-0.25, -0.2) is 4.79 Å². The van der Waals surface area contributed by atoms with E-state index >= 15 is 0 Å². The molecule has 1 fully saturated rings. The lowest BCUT2D eigenvalue weighted by molar-refractivity contribution is -0.145. The Morgan fingerprint density at radius 3 is 2.39 bits per heavy atom. The molecule has 0 aliphatic carbocycles. The fourth-order valence-electron chi connectivity index (χ4n) is 2.48. The van der Waals surface area contributed by atoms with Crippen LogP contribution in [0.3, 0.4) is 0 Å². The lowest BCUT2D eigenvalue weighted by Crippen LogP contribution is -2.42. The highest BCUT2D eigenvalue weighted by Gasteiger charge is 2.24. The van der Waals surface area contributed by atoms with E-state index in [0.29, 0.717) is 5.02 Å². The summed E-state index contributed by atoms with van der Waals surface area (Å²) in [5, 5.41) is 20.2. The Balaban J connectivity index is 2.11. The number of carboxylic acid groups (broad SMARTS) is 2. The van der Waals surface area contributed by atoms with Gasteiger partial charge in [0.15, 0.2) is 0 Å². The summed E-state index contributed by atoms with van der Waals surface area (Å²) in [5.74, 6) is -3.38. The Morgan fingerprint density at radius 1 is 1.22 bits per heavy atom. The van der Waals surface area contributed by atoms with E-state index in [4.69, 9.17) is 21.8 Å². The van der Waals surface area contributed by atoms with Crippen LogP contribution in [0.4, 0.5) is 5.69 Å². The Kier molecular flexibility index (Phi) is 5.44. The SMILES string of the molecule is O=C(O)CC(NC(=O)c1ccc(N2CCCC2)c(Cl)c1)C(=O)O. The molecule has 1 aromatic rings. The van der Waals surface area contributed by atoms with Gasteiger partial charge >= 0.3 is 11.9 Å². The highest BCUT2D eigenvalue weighted by Crippen LogP contribution is 2.29. The van der Waals surface area contributed by atoms with E-state index in [1.807, 2.05) is 0 Å². The van der Waals surface area contributed by atoms with E-state index in [9.17, 15) is 14.4 Å². The van der Waals surface area contributed by atoms with E-state index in [0.717, 1.165) is 31.6 Å². The van der Waals surface area contributed by atoms with Crippen molar-refractivity contribution in [3.8, 4) is 0 Å². The lowest BCUT2D eigenvalue weighted by Gasteiger charge is -2.19. The molecule has 0 spiro atoms. The largest absolute Gasteiger partial charge is 0.481 e. The summed E-state index contributed by atoms with van der Waals surface area (Å²) in [6.45, 7) is 1.82. The number of carbonyl (C=O) groups is 3. The predicted molar refractivity (Wildman–Crippen MR) is 84.0 cm³/mol. The maximum atomic E-state index is 12.1. The molecule has 3 N–H and O–H groups in total. The minimum Gasteiger partial charge on any atom is -0.481 e. The molecule has 1 saturated heterocycles. The van der Waals surface area contributed by atoms with Crippen LogP contribution >= 0.6 is 11.6 Å². The number of anilines is 1. The number of carboxylic acids is 2. The van der Waals surface area contributed by atoms with Crippen molar-refractivity contribution in [2.45, 2.75) is 25.3 Å². The molecule has 124 valence electrons. The molecule has 7 nitrogen and oxygen atoms in total. The number of rotatable bonds is 6. The molecule has 1 aliphatic rings. The molecule has 0 aromatic heterocycles. The molecule has 0 saturated carbocycles. The van der Waals surface area contributed by atoms with Gasteiger partial charge in [-0.1, -0.05) is 11.6 Å². The van der Waals surface area contributed by atoms with Crippen molar-refractivity contribution in [1.29, 1.82) is 0 Å². The zero-order chi connectivity index (χ0) is 17.0. The van der Waals surface area contributed by atoms with E-state index in [1.54, 1.807) is 12.1 Å². The molecule has 8 heteroatoms. The summed E-state index contributed by atoms with van der Waals surface area (Å²) in [6.07, 6.45) is 1.49. The van der Waals surface area contributed by atoms with Gasteiger partial charge < -0.3 is 20.4 Å². The number of aliphatic carboxylic acids is 2. The minimum atomic E-state index is -1.49. The van der Waals surface area contributed by atoms with Crippen molar-refractivity contribution in [2.75, 3.05) is 18.0 Å². The molecular formula is C15H17ClN2O5. The van der Waals surface area contributed by atoms with Crippen LogP contribution in [0.2, 0.25) is 5.02 Å². The number of hydrogen-bond acceptors (Lipinski definition) is 4. The van der Waals surface area contributed by atoms with Crippen LogP contribution in [-0.2, 0) is 9.59 Å². The zero-order valence-electron chi connectivity index (χ0n) is 12.3. The van der Waals surface area contributed by atoms with Crippen LogP contribution in [0.1, 0.15) is 29.6 Å². The van der Waals surface area contributed by atoms with Crippen molar-refractivity contribution in [3.63, 3.8) is 0 Å². The standard InChI is InChI=1S/C15H17ClN2O5/c16-10-7-9(3-4-12(10)18-5-1-2-6-18)14(21)17-11(15(22)23)8-13(19)20/h3-4,7,11H,1-2,5-6,8H2,(H,17,21)(H,19,20)(H,22,23). The number of amides is 1. The molecule has 0 bridgehead atoms. The quantitative estimate of drug-likeness (QED) is 0.726. The Hall–Kier alpha value is -2.28. The maximum Gasteiger partial charge on any atom is 0.326 e. The van der Waals surface area contributed by atoms with Gasteiger partial charge in [0, 0.05) is 18.7 Å². The number of carbonyl (C=O) groups excluding carboxylic acids is 1. The maximum absolute atomic E-state index is 12.1. The van der Waals surface area contributed by atoms with Gasteiger partial charge in [0.05, 0.1) is 17.1 Å². The number of nitrogens with zero attached hydrogens (tertiary/aromatic N) is 1. The van der Waals surface area contributed by atoms with Gasteiger partial charge in [-0.2, -0.15) is 0 Å². The van der Waals surface area contributed by atoms with Crippen LogP contribution in [0.5, 0.6) is 0 Å². The van der Waals surface area contributed by atoms with Crippen molar-refractivity contribution in [2.24, 2.45) is 0 Å². The average Bonchev–Trinajstić information content (AvgIpc) is 2.99. The van der Waals surface area contributed by atoms with Crippen LogP contribution < -0.4 is 10.2 Å². The molecule has 1 aliphatic heterocycles. The Bertz CT molecular complexity index is 628. The third-order valence-electron chi connectivity index (χ3n) is 3.64. The molecule has 1 heterocycles. The summed E-state index contributed by atoms with van der Waals surface area (Å²) >= 11 is 6.20. The summed E-state index contributed by atoms with van der Waals surface area (Å²) < 4.78 is 0. The second-order valence-electron chi connectivity index (χ2n) is 5.32. The average molecular weight is 341 g/mol. The fraction of sp³-hybridized carbons (Fsp3) is 0.400. The van der Waals surface area contributed by atoms with Gasteiger partial charge in [-0.3, -0.25) is 9.59 Å². The highest BCUT2D eigenvalue weighted by molar-refractivity contribution is 6.33. The highest BCUT2D eigenvalue weighted by atomic mass is 35.5. The van der Waals surface area contributed by atoms with Gasteiger partial charge in [-0.15, -0.1) is 0 Å². The molecule has 1 amide bonds. The van der Waals surface area contributed by atoms with Crippen LogP contribution in [-0.4, -0.2) is 47.2 Å². The van der Waals surface area contributed by atoms with Gasteiger partial charge in [-0.05, 0) is 31.0 Å². The van der Waals surface area contributed by atoms with E-state index in [2.05, 4.69) is 10.2 Å². The Labute approximate surface area is 137 Å². The number of hydrogen-bond donors (Lipinski definition) is 3. The first-order valence-electron chi connectivity index (χ1n) is 7.18. The third kappa shape index (κ3) is 4.35. The summed E-state index contributed by atoms with van der Waals surface area (Å²) in [6, 6.07) is 3.24. The van der Waals surface area contributed by atoms with Crippen LogP contribution in [0, 0.1) is 0 Å². The summed E-state index contributed by atoms with van der Waals surface area (Å²) in [7, 11) is 0. The summed E-state index contributed by atoms with van der Waals surface area (Å²) in [5.41, 5.74) is 1.02. The first-order valence-corrected chi connectivity index (χ1v) is 7.56. The van der Waals surface area contributed by atoms with Crippen molar-refractivity contribution < 1.29 is 24.6 Å². The molecule has 1 aromatic carbocycles. The first kappa shape index (κ1) is 17.1. The van der Waals surface area contributed by atoms with E-state index in [-0.39, 0.29) is 5.56 Å². The van der Waals surface area contributed by atoms with Crippen molar-refractivity contribution >= 4 is 35.1 Å². The number of halogens is 1. The third-order valence-corrected chi connectivity index (χ3v) is 3.94. The number of nitrogens with one attached hydrogen (secondary N) is 1. The van der Waals surface area contributed by atoms with Crippen LogP contribution in [0.25, 0.3) is 0 Å². The van der Waals surface area contributed by atoms with Crippen LogP contribution in [0.15, 0.2) is 18.2 Å². The van der Waals surface area contributed by atoms with Crippen molar-refractivity contribution in [1.82, 2.24) is 5.32 Å². The predicted octanol–water partition coefficient (Wildman–Crippen LogP) is 1.60. The Morgan fingerprint density at radius 2 is 1.87 bits per heavy atom. The monoisotopic (exact) mass is 340 g/mol. The van der Waals surface area contributed by atoms with Gasteiger partial charge in [0.25, 0.3) is 5.91 Å². The zero-order valence-corrected chi connectivity index (χ0v) is 13.0. The minimum absolute atomic E-state index is 0.189. The lowest BCUT2D eigenvalue weighted by atomic mass is 10.1. The molecule has 23 heavy (non-hydrogen) atoms. The molecule has 1 unspecified atom stereocenters. The second-order valence-corrected chi connectivity index (χ2v) is 5.73. The molecule has 1 atom stereocenters. The van der Waals surface area contributed by atoms with Crippen molar-refractivity contribution in [3.05, 3.63) is 28.8 Å². The number of benzene rings is 1.